The molecule has 0 spiro atoms. The zero-order valence-electron chi connectivity index (χ0n) is 19.0. The largest absolute Gasteiger partial charge is 0.378 e. The summed E-state index contributed by atoms with van der Waals surface area (Å²) >= 11 is 0. The van der Waals surface area contributed by atoms with E-state index in [9.17, 15) is 9.50 Å². The highest BCUT2D eigenvalue weighted by Crippen LogP contribution is 2.41. The summed E-state index contributed by atoms with van der Waals surface area (Å²) in [7, 11) is 0. The first-order valence-electron chi connectivity index (χ1n) is 11.7. The van der Waals surface area contributed by atoms with Crippen molar-refractivity contribution in [1.82, 2.24) is 4.90 Å². The van der Waals surface area contributed by atoms with Crippen LogP contribution in [0.2, 0.25) is 0 Å². The van der Waals surface area contributed by atoms with Gasteiger partial charge < -0.3 is 9.84 Å². The van der Waals surface area contributed by atoms with Crippen molar-refractivity contribution in [3.63, 3.8) is 0 Å². The number of hydrogen-bond acceptors (Lipinski definition) is 3. The number of nitrogens with zero attached hydrogens (tertiary/aromatic N) is 1. The van der Waals surface area contributed by atoms with Crippen LogP contribution in [0.15, 0.2) is 109 Å². The summed E-state index contributed by atoms with van der Waals surface area (Å²) in [6, 6.07) is 34.2. The van der Waals surface area contributed by atoms with Crippen LogP contribution in [-0.2, 0) is 16.9 Å². The molecule has 1 saturated heterocycles. The van der Waals surface area contributed by atoms with Crippen LogP contribution in [0, 0.1) is 5.82 Å². The number of hydrogen-bond donors (Lipinski definition) is 1. The SMILES string of the molecule is OC(c1ccccc1)(c1cc(F)ccc1-c1ccccc1)[C@@H]1CN(Cc2ccccc2)CCO1. The third-order valence-electron chi connectivity index (χ3n) is 6.56. The summed E-state index contributed by atoms with van der Waals surface area (Å²) in [5, 5.41) is 12.5. The van der Waals surface area contributed by atoms with E-state index in [1.165, 1.54) is 17.7 Å². The van der Waals surface area contributed by atoms with Crippen molar-refractivity contribution in [1.29, 1.82) is 0 Å². The van der Waals surface area contributed by atoms with E-state index in [-0.39, 0.29) is 5.82 Å². The molecule has 34 heavy (non-hydrogen) atoms. The lowest BCUT2D eigenvalue weighted by molar-refractivity contribution is -0.130. The van der Waals surface area contributed by atoms with Crippen LogP contribution in [0.25, 0.3) is 11.1 Å². The Morgan fingerprint density at radius 3 is 2.21 bits per heavy atom. The van der Waals surface area contributed by atoms with Gasteiger partial charge in [-0.2, -0.15) is 0 Å². The predicted octanol–water partition coefficient (Wildman–Crippen LogP) is 5.63. The minimum absolute atomic E-state index is 0.388. The highest BCUT2D eigenvalue weighted by atomic mass is 19.1. The van der Waals surface area contributed by atoms with Gasteiger partial charge in [-0.25, -0.2) is 4.39 Å². The molecular weight excluding hydrogens is 425 g/mol. The second-order valence-corrected chi connectivity index (χ2v) is 8.77. The van der Waals surface area contributed by atoms with E-state index in [0.29, 0.717) is 24.3 Å². The third-order valence-corrected chi connectivity index (χ3v) is 6.56. The quantitative estimate of drug-likeness (QED) is 0.411. The van der Waals surface area contributed by atoms with Crippen LogP contribution in [0.1, 0.15) is 16.7 Å². The van der Waals surface area contributed by atoms with Gasteiger partial charge in [0.1, 0.15) is 17.5 Å². The Labute approximate surface area is 200 Å². The Morgan fingerprint density at radius 2 is 1.50 bits per heavy atom. The van der Waals surface area contributed by atoms with Gasteiger partial charge >= 0.3 is 0 Å². The molecule has 0 bridgehead atoms. The highest BCUT2D eigenvalue weighted by Gasteiger charge is 2.45. The maximum Gasteiger partial charge on any atom is 0.143 e. The second-order valence-electron chi connectivity index (χ2n) is 8.77. The first-order chi connectivity index (χ1) is 16.6. The molecule has 1 aliphatic heterocycles. The molecule has 1 unspecified atom stereocenters. The minimum Gasteiger partial charge on any atom is -0.378 e. The lowest BCUT2D eigenvalue weighted by Crippen LogP contribution is -2.53. The van der Waals surface area contributed by atoms with Crippen molar-refractivity contribution < 1.29 is 14.2 Å². The molecule has 4 aromatic carbocycles. The van der Waals surface area contributed by atoms with E-state index in [1.54, 1.807) is 6.07 Å². The molecule has 2 atom stereocenters. The number of morpholine rings is 1. The van der Waals surface area contributed by atoms with Crippen molar-refractivity contribution in [2.75, 3.05) is 19.7 Å². The van der Waals surface area contributed by atoms with Crippen LogP contribution in [0.4, 0.5) is 4.39 Å². The Bertz CT molecular complexity index is 1220. The molecule has 3 nitrogen and oxygen atoms in total. The molecule has 0 radical (unpaired) electrons. The molecule has 0 aromatic heterocycles. The average molecular weight is 454 g/mol. The van der Waals surface area contributed by atoms with Crippen LogP contribution in [0.3, 0.4) is 0 Å². The van der Waals surface area contributed by atoms with Crippen molar-refractivity contribution in [3.8, 4) is 11.1 Å². The first kappa shape index (κ1) is 22.5. The molecular formula is C30H28FNO2. The van der Waals surface area contributed by atoms with E-state index in [2.05, 4.69) is 17.0 Å². The molecule has 4 heteroatoms. The van der Waals surface area contributed by atoms with Crippen molar-refractivity contribution in [2.45, 2.75) is 18.2 Å². The van der Waals surface area contributed by atoms with Gasteiger partial charge in [0, 0.05) is 25.2 Å². The maximum absolute atomic E-state index is 14.7. The molecule has 4 aromatic rings. The molecule has 172 valence electrons. The highest BCUT2D eigenvalue weighted by molar-refractivity contribution is 5.70. The number of benzene rings is 4. The molecule has 0 aliphatic carbocycles. The zero-order valence-corrected chi connectivity index (χ0v) is 19.0. The van der Waals surface area contributed by atoms with Gasteiger partial charge in [-0.05, 0) is 34.4 Å². The van der Waals surface area contributed by atoms with E-state index in [1.807, 2.05) is 78.9 Å². The van der Waals surface area contributed by atoms with Gasteiger partial charge in [-0.15, -0.1) is 0 Å². The fourth-order valence-corrected chi connectivity index (χ4v) is 4.85. The Hall–Kier alpha value is -3.31. The fraction of sp³-hybridized carbons (Fsp3) is 0.200. The van der Waals surface area contributed by atoms with E-state index in [0.717, 1.165) is 24.2 Å². The van der Waals surface area contributed by atoms with E-state index >= 15 is 0 Å². The molecule has 1 N–H and O–H groups in total. The standard InChI is InChI=1S/C30H28FNO2/c31-26-16-17-27(24-12-6-2-7-13-24)28(20-26)30(33,25-14-8-3-9-15-25)29-22-32(18-19-34-29)21-23-10-4-1-5-11-23/h1-17,20,29,33H,18-19,21-22H2/t29-,30?/m0/s1. The summed E-state index contributed by atoms with van der Waals surface area (Å²) in [5.41, 5.74) is 2.58. The maximum atomic E-state index is 14.7. The second kappa shape index (κ2) is 9.90. The zero-order chi connectivity index (χ0) is 23.4. The van der Waals surface area contributed by atoms with Crippen LogP contribution >= 0.6 is 0 Å². The summed E-state index contributed by atoms with van der Waals surface area (Å²) in [6.45, 7) is 2.54. The monoisotopic (exact) mass is 453 g/mol. The van der Waals surface area contributed by atoms with Crippen LogP contribution < -0.4 is 0 Å². The summed E-state index contributed by atoms with van der Waals surface area (Å²) in [5.74, 6) is -0.388. The predicted molar refractivity (Wildman–Crippen MR) is 133 cm³/mol. The van der Waals surface area contributed by atoms with Crippen molar-refractivity contribution >= 4 is 0 Å². The van der Waals surface area contributed by atoms with Crippen LogP contribution in [0.5, 0.6) is 0 Å². The summed E-state index contributed by atoms with van der Waals surface area (Å²) in [6.07, 6.45) is -0.573. The average Bonchev–Trinajstić information content (AvgIpc) is 2.90. The van der Waals surface area contributed by atoms with Gasteiger partial charge in [-0.3, -0.25) is 4.90 Å². The minimum atomic E-state index is -1.54. The molecule has 1 heterocycles. The normalized spacial score (nSPS) is 18.4. The van der Waals surface area contributed by atoms with Crippen molar-refractivity contribution in [3.05, 3.63) is 132 Å². The number of halogens is 1. The Kier molecular flexibility index (Phi) is 6.54. The van der Waals surface area contributed by atoms with Gasteiger partial charge in [0.15, 0.2) is 0 Å². The van der Waals surface area contributed by atoms with E-state index in [4.69, 9.17) is 4.74 Å². The lowest BCUT2D eigenvalue weighted by Gasteiger charge is -2.43. The molecule has 1 aliphatic rings. The van der Waals surface area contributed by atoms with Crippen molar-refractivity contribution in [2.24, 2.45) is 0 Å². The first-order valence-corrected chi connectivity index (χ1v) is 11.7. The van der Waals surface area contributed by atoms with Gasteiger partial charge in [0.25, 0.3) is 0 Å². The molecule has 1 fully saturated rings. The molecule has 5 rings (SSSR count). The Morgan fingerprint density at radius 1 is 0.853 bits per heavy atom. The lowest BCUT2D eigenvalue weighted by atomic mass is 9.77. The van der Waals surface area contributed by atoms with Gasteiger partial charge in [0.05, 0.1) is 6.61 Å². The summed E-state index contributed by atoms with van der Waals surface area (Å²) in [4.78, 5) is 2.29. The van der Waals surface area contributed by atoms with Gasteiger partial charge in [-0.1, -0.05) is 97.1 Å². The van der Waals surface area contributed by atoms with E-state index < -0.39 is 11.7 Å². The molecule has 0 amide bonds. The number of ether oxygens (including phenoxy) is 1. The third kappa shape index (κ3) is 4.53. The van der Waals surface area contributed by atoms with Gasteiger partial charge in [0.2, 0.25) is 0 Å². The fourth-order valence-electron chi connectivity index (χ4n) is 4.85. The number of aliphatic hydroxyl groups is 1. The van der Waals surface area contributed by atoms with Crippen LogP contribution in [-0.4, -0.2) is 35.8 Å². The topological polar surface area (TPSA) is 32.7 Å². The number of rotatable bonds is 6. The smallest absolute Gasteiger partial charge is 0.143 e. The molecule has 0 saturated carbocycles. The Balaban J connectivity index is 1.59. The summed E-state index contributed by atoms with van der Waals surface area (Å²) < 4.78 is 20.9.